The fraction of sp³-hybridized carbons (Fsp3) is 0.467. The molecule has 1 aromatic carbocycles. The molecule has 0 unspecified atom stereocenters. The molecule has 1 amide bonds. The van der Waals surface area contributed by atoms with Gasteiger partial charge in [0.15, 0.2) is 0 Å². The minimum absolute atomic E-state index is 0.0391. The van der Waals surface area contributed by atoms with E-state index in [0.29, 0.717) is 12.8 Å². The zero-order valence-corrected chi connectivity index (χ0v) is 12.9. The largest absolute Gasteiger partial charge is 0.439 e. The topological polar surface area (TPSA) is 96.0 Å². The SMILES string of the molecule is O=C(c1cccc([N+](=O)[O-])c1)N1N=C2CCCC[C@@H]2[C@]1(O)C(F)(F)F. The van der Waals surface area contributed by atoms with Crippen LogP contribution in [0.25, 0.3) is 0 Å². The van der Waals surface area contributed by atoms with Crippen molar-refractivity contribution in [2.75, 3.05) is 0 Å². The van der Waals surface area contributed by atoms with E-state index < -0.39 is 34.3 Å². The van der Waals surface area contributed by atoms with Crippen LogP contribution in [0.5, 0.6) is 0 Å². The molecule has 10 heteroatoms. The molecule has 0 aromatic heterocycles. The van der Waals surface area contributed by atoms with Gasteiger partial charge in [0.1, 0.15) is 0 Å². The molecule has 2 atom stereocenters. The van der Waals surface area contributed by atoms with Gasteiger partial charge in [-0.1, -0.05) is 12.5 Å². The van der Waals surface area contributed by atoms with Crippen molar-refractivity contribution in [3.05, 3.63) is 39.9 Å². The van der Waals surface area contributed by atoms with E-state index in [1.165, 1.54) is 6.07 Å². The number of fused-ring (bicyclic) bond motifs is 1. The van der Waals surface area contributed by atoms with Crippen LogP contribution in [0.1, 0.15) is 36.0 Å². The van der Waals surface area contributed by atoms with Crippen molar-refractivity contribution in [2.24, 2.45) is 11.0 Å². The van der Waals surface area contributed by atoms with Gasteiger partial charge in [-0.2, -0.15) is 23.3 Å². The Morgan fingerprint density at radius 2 is 2.12 bits per heavy atom. The van der Waals surface area contributed by atoms with Gasteiger partial charge in [-0.3, -0.25) is 14.9 Å². The fourth-order valence-electron chi connectivity index (χ4n) is 3.29. The average Bonchev–Trinajstić information content (AvgIpc) is 2.89. The number of alkyl halides is 3. The summed E-state index contributed by atoms with van der Waals surface area (Å²) in [5.41, 5.74) is -4.10. The second-order valence-electron chi connectivity index (χ2n) is 6.04. The number of benzene rings is 1. The van der Waals surface area contributed by atoms with Gasteiger partial charge in [-0.25, -0.2) is 0 Å². The maximum Gasteiger partial charge on any atom is 0.439 e. The Morgan fingerprint density at radius 3 is 2.76 bits per heavy atom. The monoisotopic (exact) mass is 357 g/mol. The molecule has 7 nitrogen and oxygen atoms in total. The summed E-state index contributed by atoms with van der Waals surface area (Å²) in [6.45, 7) is 0. The Bertz CT molecular complexity index is 765. The van der Waals surface area contributed by atoms with Gasteiger partial charge < -0.3 is 5.11 Å². The lowest BCUT2D eigenvalue weighted by molar-refractivity contribution is -0.384. The second kappa shape index (κ2) is 5.80. The average molecular weight is 357 g/mol. The van der Waals surface area contributed by atoms with E-state index in [4.69, 9.17) is 0 Å². The Hall–Kier alpha value is -2.49. The summed E-state index contributed by atoms with van der Waals surface area (Å²) in [4.78, 5) is 22.6. The number of hydrazone groups is 1. The van der Waals surface area contributed by atoms with Crippen LogP contribution >= 0.6 is 0 Å². The minimum atomic E-state index is -5.11. The molecular formula is C15H14F3N3O4. The zero-order chi connectivity index (χ0) is 18.4. The fourth-order valence-corrected chi connectivity index (χ4v) is 3.29. The summed E-state index contributed by atoms with van der Waals surface area (Å²) in [7, 11) is 0. The lowest BCUT2D eigenvalue weighted by Crippen LogP contribution is -2.61. The second-order valence-corrected chi connectivity index (χ2v) is 6.04. The van der Waals surface area contributed by atoms with Crippen LogP contribution in [0, 0.1) is 16.0 Å². The van der Waals surface area contributed by atoms with Crippen molar-refractivity contribution in [3.8, 4) is 0 Å². The Balaban J connectivity index is 2.04. The Kier molecular flexibility index (Phi) is 4.02. The van der Waals surface area contributed by atoms with E-state index in [-0.39, 0.29) is 29.1 Å². The van der Waals surface area contributed by atoms with Gasteiger partial charge in [0.25, 0.3) is 17.3 Å². The maximum absolute atomic E-state index is 13.6. The molecule has 134 valence electrons. The van der Waals surface area contributed by atoms with Crippen LogP contribution < -0.4 is 0 Å². The number of aliphatic hydroxyl groups is 1. The van der Waals surface area contributed by atoms with E-state index in [9.17, 15) is 33.2 Å². The molecule has 1 fully saturated rings. The first-order chi connectivity index (χ1) is 11.7. The van der Waals surface area contributed by atoms with E-state index in [1.54, 1.807) is 0 Å². The van der Waals surface area contributed by atoms with E-state index >= 15 is 0 Å². The number of carbonyl (C=O) groups is 1. The number of nitro benzene ring substituents is 1. The highest BCUT2D eigenvalue weighted by Gasteiger charge is 2.68. The van der Waals surface area contributed by atoms with Crippen LogP contribution in [-0.2, 0) is 0 Å². The molecule has 1 heterocycles. The third kappa shape index (κ3) is 2.66. The molecule has 0 saturated heterocycles. The molecule has 1 aliphatic heterocycles. The third-order valence-corrected chi connectivity index (χ3v) is 4.53. The summed E-state index contributed by atoms with van der Waals surface area (Å²) >= 11 is 0. The highest BCUT2D eigenvalue weighted by Crippen LogP contribution is 2.48. The standard InChI is InChI=1S/C15H14F3N3O4/c16-15(17,18)14(23)11-6-1-2-7-12(11)19-20(14)13(22)9-4-3-5-10(8-9)21(24)25/h3-5,8,11,23H,1-2,6-7H2/t11-,14-/m0/s1. The minimum Gasteiger partial charge on any atom is -0.362 e. The summed E-state index contributed by atoms with van der Waals surface area (Å²) in [6, 6.07) is 4.31. The van der Waals surface area contributed by atoms with Crippen molar-refractivity contribution >= 4 is 17.3 Å². The number of rotatable bonds is 2. The van der Waals surface area contributed by atoms with E-state index in [1.807, 2.05) is 0 Å². The summed E-state index contributed by atoms with van der Waals surface area (Å²) in [6.07, 6.45) is -3.67. The quantitative estimate of drug-likeness (QED) is 0.650. The number of carbonyl (C=O) groups excluding carboxylic acids is 1. The van der Waals surface area contributed by atoms with Crippen molar-refractivity contribution in [2.45, 2.75) is 37.6 Å². The normalized spacial score (nSPS) is 26.2. The Morgan fingerprint density at radius 1 is 1.40 bits per heavy atom. The van der Waals surface area contributed by atoms with Crippen molar-refractivity contribution < 1.29 is 28.0 Å². The molecule has 2 aliphatic rings. The number of halogens is 3. The van der Waals surface area contributed by atoms with Crippen LogP contribution in [0.2, 0.25) is 0 Å². The van der Waals surface area contributed by atoms with Gasteiger partial charge in [0, 0.05) is 23.4 Å². The Labute approximate surface area is 139 Å². The van der Waals surface area contributed by atoms with Gasteiger partial charge in [0.2, 0.25) is 0 Å². The van der Waals surface area contributed by atoms with Crippen molar-refractivity contribution in [1.82, 2.24) is 5.01 Å². The highest BCUT2D eigenvalue weighted by molar-refractivity contribution is 5.99. The number of hydrogen-bond acceptors (Lipinski definition) is 5. The first-order valence-electron chi connectivity index (χ1n) is 7.61. The summed E-state index contributed by atoms with van der Waals surface area (Å²) in [5, 5.41) is 25.0. The summed E-state index contributed by atoms with van der Waals surface area (Å²) in [5.74, 6) is -2.55. The third-order valence-electron chi connectivity index (χ3n) is 4.53. The molecule has 0 radical (unpaired) electrons. The smallest absolute Gasteiger partial charge is 0.362 e. The zero-order valence-electron chi connectivity index (χ0n) is 12.9. The predicted octanol–water partition coefficient (Wildman–Crippen LogP) is 2.85. The highest BCUT2D eigenvalue weighted by atomic mass is 19.4. The molecule has 1 aromatic rings. The maximum atomic E-state index is 13.6. The molecule has 0 spiro atoms. The number of non-ortho nitro benzene ring substituents is 1. The molecule has 1 N–H and O–H groups in total. The molecule has 1 saturated carbocycles. The van der Waals surface area contributed by atoms with Gasteiger partial charge in [-0.05, 0) is 25.3 Å². The first kappa shape index (κ1) is 17.3. The van der Waals surface area contributed by atoms with Crippen molar-refractivity contribution in [1.29, 1.82) is 0 Å². The molecule has 0 bridgehead atoms. The van der Waals surface area contributed by atoms with E-state index in [0.717, 1.165) is 18.2 Å². The molecule has 3 rings (SSSR count). The number of nitro groups is 1. The molecule has 25 heavy (non-hydrogen) atoms. The van der Waals surface area contributed by atoms with Gasteiger partial charge in [0.05, 0.1) is 10.8 Å². The number of amides is 1. The molecular weight excluding hydrogens is 343 g/mol. The van der Waals surface area contributed by atoms with Crippen LogP contribution in [-0.4, -0.2) is 38.6 Å². The van der Waals surface area contributed by atoms with Gasteiger partial charge >= 0.3 is 6.18 Å². The van der Waals surface area contributed by atoms with Gasteiger partial charge in [-0.15, -0.1) is 0 Å². The summed E-state index contributed by atoms with van der Waals surface area (Å²) < 4.78 is 40.9. The van der Waals surface area contributed by atoms with Crippen LogP contribution in [0.4, 0.5) is 18.9 Å². The lowest BCUT2D eigenvalue weighted by atomic mass is 9.80. The van der Waals surface area contributed by atoms with Crippen LogP contribution in [0.15, 0.2) is 29.4 Å². The number of nitrogens with zero attached hydrogens (tertiary/aromatic N) is 3. The molecule has 1 aliphatic carbocycles. The first-order valence-corrected chi connectivity index (χ1v) is 7.61. The number of hydrogen-bond donors (Lipinski definition) is 1. The van der Waals surface area contributed by atoms with E-state index in [2.05, 4.69) is 5.10 Å². The predicted molar refractivity (Wildman–Crippen MR) is 79.7 cm³/mol. The van der Waals surface area contributed by atoms with Crippen LogP contribution in [0.3, 0.4) is 0 Å². The van der Waals surface area contributed by atoms with Crippen molar-refractivity contribution in [3.63, 3.8) is 0 Å². The lowest BCUT2D eigenvalue weighted by Gasteiger charge is -2.38.